The summed E-state index contributed by atoms with van der Waals surface area (Å²) in [5.41, 5.74) is 0. The molecule has 0 N–H and O–H groups in total. The number of esters is 2. The Bertz CT molecular complexity index is 138. The first-order chi connectivity index (χ1) is 4.18. The normalized spacial score (nSPS) is 21.8. The zero-order valence-corrected chi connectivity index (χ0v) is 5.22. The molecule has 0 amide bonds. The van der Waals surface area contributed by atoms with Crippen LogP contribution in [0.5, 0.6) is 0 Å². The van der Waals surface area contributed by atoms with Gasteiger partial charge in [-0.1, -0.05) is 0 Å². The average Bonchev–Trinajstić information content (AvgIpc) is 1.59. The summed E-state index contributed by atoms with van der Waals surface area (Å²) in [4.78, 5) is 20.9. The molecule has 0 saturated carbocycles. The number of cyclic esters (lactones) is 2. The van der Waals surface area contributed by atoms with Crippen LogP contribution < -0.4 is 0 Å². The smallest absolute Gasteiger partial charge is 0.312 e. The molecule has 1 saturated heterocycles. The van der Waals surface area contributed by atoms with Gasteiger partial charge >= 0.3 is 11.9 Å². The number of carbonyl (C=O) groups is 2. The Morgan fingerprint density at radius 3 is 2.11 bits per heavy atom. The molecule has 0 aromatic carbocycles. The van der Waals surface area contributed by atoms with Crippen LogP contribution in [0.4, 0.5) is 0 Å². The lowest BCUT2D eigenvalue weighted by molar-refractivity contribution is -0.162. The van der Waals surface area contributed by atoms with Gasteiger partial charge in [0.1, 0.15) is 7.85 Å². The highest BCUT2D eigenvalue weighted by atomic mass is 16.6. The average molecular weight is 126 g/mol. The molecule has 0 aromatic rings. The van der Waals surface area contributed by atoms with Crippen molar-refractivity contribution in [1.82, 2.24) is 0 Å². The van der Waals surface area contributed by atoms with E-state index >= 15 is 0 Å². The third-order valence-electron chi connectivity index (χ3n) is 1.26. The van der Waals surface area contributed by atoms with Crippen LogP contribution in [0.3, 0.4) is 0 Å². The SMILES string of the molecule is BC1CC(=O)OC(=O)C1. The number of rotatable bonds is 0. The molecule has 1 aliphatic heterocycles. The molecule has 0 atom stereocenters. The van der Waals surface area contributed by atoms with Crippen LogP contribution in [0.15, 0.2) is 0 Å². The summed E-state index contributed by atoms with van der Waals surface area (Å²) < 4.78 is 4.28. The maximum atomic E-state index is 10.4. The molecule has 0 aliphatic carbocycles. The molecule has 1 rings (SSSR count). The van der Waals surface area contributed by atoms with E-state index in [1.54, 1.807) is 0 Å². The van der Waals surface area contributed by atoms with Gasteiger partial charge in [0, 0.05) is 12.8 Å². The molecule has 3 nitrogen and oxygen atoms in total. The molecule has 0 aromatic heterocycles. The third kappa shape index (κ3) is 1.55. The fraction of sp³-hybridized carbons (Fsp3) is 0.600. The van der Waals surface area contributed by atoms with Crippen molar-refractivity contribution in [2.24, 2.45) is 0 Å². The fourth-order valence-corrected chi connectivity index (χ4v) is 0.852. The topological polar surface area (TPSA) is 43.4 Å². The Morgan fingerprint density at radius 1 is 1.33 bits per heavy atom. The lowest BCUT2D eigenvalue weighted by atomic mass is 9.81. The van der Waals surface area contributed by atoms with E-state index in [9.17, 15) is 9.59 Å². The lowest BCUT2D eigenvalue weighted by Gasteiger charge is -2.14. The van der Waals surface area contributed by atoms with E-state index in [0.717, 1.165) is 0 Å². The molecule has 4 heteroatoms. The van der Waals surface area contributed by atoms with E-state index in [2.05, 4.69) is 4.74 Å². The number of carbonyl (C=O) groups excluding carboxylic acids is 2. The second-order valence-corrected chi connectivity index (χ2v) is 2.36. The highest BCUT2D eigenvalue weighted by molar-refractivity contribution is 6.15. The van der Waals surface area contributed by atoms with Crippen LogP contribution in [-0.2, 0) is 14.3 Å². The number of hydrogen-bond donors (Lipinski definition) is 0. The van der Waals surface area contributed by atoms with Gasteiger partial charge in [0.15, 0.2) is 0 Å². The van der Waals surface area contributed by atoms with Crippen molar-refractivity contribution in [3.05, 3.63) is 0 Å². The van der Waals surface area contributed by atoms with Crippen molar-refractivity contribution < 1.29 is 14.3 Å². The van der Waals surface area contributed by atoms with Crippen LogP contribution in [0.1, 0.15) is 12.8 Å². The minimum atomic E-state index is -0.390. The van der Waals surface area contributed by atoms with Gasteiger partial charge in [0.2, 0.25) is 0 Å². The molecule has 0 unspecified atom stereocenters. The standard InChI is InChI=1S/C5H7BO3/c6-3-1-4(7)9-5(8)2-3/h3H,1-2,6H2. The van der Waals surface area contributed by atoms with Gasteiger partial charge < -0.3 is 4.74 Å². The van der Waals surface area contributed by atoms with E-state index in [0.29, 0.717) is 12.8 Å². The Morgan fingerprint density at radius 2 is 1.78 bits per heavy atom. The molecule has 0 spiro atoms. The van der Waals surface area contributed by atoms with Crippen LogP contribution in [0.2, 0.25) is 5.82 Å². The van der Waals surface area contributed by atoms with E-state index in [4.69, 9.17) is 0 Å². The third-order valence-corrected chi connectivity index (χ3v) is 1.26. The van der Waals surface area contributed by atoms with Gasteiger partial charge in [-0.15, -0.1) is 0 Å². The van der Waals surface area contributed by atoms with Gasteiger partial charge in [-0.05, 0) is 5.82 Å². The minimum Gasteiger partial charge on any atom is -0.393 e. The monoisotopic (exact) mass is 126 g/mol. The first-order valence-corrected chi connectivity index (χ1v) is 2.92. The largest absolute Gasteiger partial charge is 0.393 e. The molecule has 48 valence electrons. The lowest BCUT2D eigenvalue weighted by Crippen LogP contribution is -2.22. The van der Waals surface area contributed by atoms with Crippen molar-refractivity contribution in [2.45, 2.75) is 18.7 Å². The molecule has 1 heterocycles. The summed E-state index contributed by atoms with van der Waals surface area (Å²) in [6.07, 6.45) is 0.761. The van der Waals surface area contributed by atoms with E-state index in [1.807, 2.05) is 7.85 Å². The van der Waals surface area contributed by atoms with Crippen molar-refractivity contribution in [3.63, 3.8) is 0 Å². The second kappa shape index (κ2) is 2.21. The van der Waals surface area contributed by atoms with Gasteiger partial charge in [-0.2, -0.15) is 0 Å². The zero-order chi connectivity index (χ0) is 6.85. The van der Waals surface area contributed by atoms with Gasteiger partial charge in [0.05, 0.1) is 0 Å². The summed E-state index contributed by atoms with van der Waals surface area (Å²) in [5, 5.41) is 0. The van der Waals surface area contributed by atoms with Crippen molar-refractivity contribution in [2.75, 3.05) is 0 Å². The van der Waals surface area contributed by atoms with Crippen molar-refractivity contribution in [3.8, 4) is 0 Å². The zero-order valence-electron chi connectivity index (χ0n) is 5.22. The summed E-state index contributed by atoms with van der Waals surface area (Å²) in [5.74, 6) is -0.615. The van der Waals surface area contributed by atoms with E-state index in [1.165, 1.54) is 0 Å². The van der Waals surface area contributed by atoms with E-state index < -0.39 is 11.9 Å². The molecular formula is C5H7BO3. The number of hydrogen-bond acceptors (Lipinski definition) is 3. The van der Waals surface area contributed by atoms with Gasteiger partial charge in [-0.25, -0.2) is 0 Å². The van der Waals surface area contributed by atoms with Crippen LogP contribution >= 0.6 is 0 Å². The van der Waals surface area contributed by atoms with Gasteiger partial charge in [0.25, 0.3) is 0 Å². The predicted octanol–water partition coefficient (Wildman–Crippen LogP) is -0.728. The summed E-state index contributed by atoms with van der Waals surface area (Å²) in [6, 6.07) is 0. The Kier molecular flexibility index (Phi) is 1.55. The maximum absolute atomic E-state index is 10.4. The summed E-state index contributed by atoms with van der Waals surface area (Å²) >= 11 is 0. The fourth-order valence-electron chi connectivity index (χ4n) is 0.852. The second-order valence-electron chi connectivity index (χ2n) is 2.36. The summed E-state index contributed by atoms with van der Waals surface area (Å²) in [7, 11) is 1.86. The number of ether oxygens (including phenoxy) is 1. The Balaban J connectivity index is 2.53. The van der Waals surface area contributed by atoms with Crippen molar-refractivity contribution in [1.29, 1.82) is 0 Å². The van der Waals surface area contributed by atoms with Crippen LogP contribution in [-0.4, -0.2) is 19.8 Å². The molecule has 0 bridgehead atoms. The quantitative estimate of drug-likeness (QED) is 0.244. The summed E-state index contributed by atoms with van der Waals surface area (Å²) in [6.45, 7) is 0. The maximum Gasteiger partial charge on any atom is 0.312 e. The van der Waals surface area contributed by atoms with Crippen molar-refractivity contribution >= 4 is 19.8 Å². The van der Waals surface area contributed by atoms with Gasteiger partial charge in [-0.3, -0.25) is 9.59 Å². The first-order valence-electron chi connectivity index (χ1n) is 2.92. The Hall–Kier alpha value is -0.795. The molecule has 1 fully saturated rings. The predicted molar refractivity (Wildman–Crippen MR) is 32.6 cm³/mol. The van der Waals surface area contributed by atoms with Crippen LogP contribution in [0, 0.1) is 0 Å². The molecule has 9 heavy (non-hydrogen) atoms. The minimum absolute atomic E-state index is 0.166. The molecular weight excluding hydrogens is 119 g/mol. The molecule has 1 aliphatic rings. The van der Waals surface area contributed by atoms with E-state index in [-0.39, 0.29) is 5.82 Å². The Labute approximate surface area is 53.8 Å². The highest BCUT2D eigenvalue weighted by Gasteiger charge is 2.22. The molecule has 0 radical (unpaired) electrons. The highest BCUT2D eigenvalue weighted by Crippen LogP contribution is 2.17. The van der Waals surface area contributed by atoms with Crippen LogP contribution in [0.25, 0.3) is 0 Å². The first kappa shape index (κ1) is 6.33.